The summed E-state index contributed by atoms with van der Waals surface area (Å²) in [7, 11) is 0. The quantitative estimate of drug-likeness (QED) is 0.758. The van der Waals surface area contributed by atoms with Crippen LogP contribution in [0.25, 0.3) is 11.0 Å². The molecule has 1 fully saturated rings. The predicted molar refractivity (Wildman–Crippen MR) is 84.3 cm³/mol. The number of H-pyrrole nitrogens is 1. The van der Waals surface area contributed by atoms with Gasteiger partial charge in [-0.15, -0.1) is 0 Å². The van der Waals surface area contributed by atoms with Crippen molar-refractivity contribution in [2.45, 2.75) is 31.7 Å². The molecule has 0 amide bonds. The first-order chi connectivity index (χ1) is 10.3. The topological polar surface area (TPSA) is 53.6 Å². The summed E-state index contributed by atoms with van der Waals surface area (Å²) in [5.41, 5.74) is 3.47. The van der Waals surface area contributed by atoms with Crippen LogP contribution in [0.5, 0.6) is 0 Å². The highest BCUT2D eigenvalue weighted by Gasteiger charge is 2.26. The zero-order chi connectivity index (χ0) is 14.2. The third-order valence-electron chi connectivity index (χ3n) is 4.12. The van der Waals surface area contributed by atoms with Crippen LogP contribution in [0.4, 0.5) is 5.82 Å². The third-order valence-corrected chi connectivity index (χ3v) is 4.12. The molecule has 1 aromatic carbocycles. The maximum Gasteiger partial charge on any atom is 0.143 e. The first-order valence-corrected chi connectivity index (χ1v) is 7.46. The maximum atomic E-state index is 4.42. The Morgan fingerprint density at radius 3 is 2.76 bits per heavy atom. The molecule has 0 unspecified atom stereocenters. The van der Waals surface area contributed by atoms with Crippen molar-refractivity contribution in [2.24, 2.45) is 0 Å². The van der Waals surface area contributed by atoms with Gasteiger partial charge in [0.15, 0.2) is 0 Å². The molecule has 1 aliphatic rings. The molecule has 2 heterocycles. The molecule has 0 radical (unpaired) electrons. The van der Waals surface area contributed by atoms with Gasteiger partial charge in [0, 0.05) is 11.7 Å². The Hall–Kier alpha value is -2.36. The van der Waals surface area contributed by atoms with Gasteiger partial charge in [0.05, 0.1) is 5.39 Å². The number of aromatic nitrogens is 3. The Morgan fingerprint density at radius 2 is 2.00 bits per heavy atom. The average Bonchev–Trinajstić information content (AvgIpc) is 3.28. The van der Waals surface area contributed by atoms with Gasteiger partial charge in [-0.2, -0.15) is 0 Å². The number of anilines is 1. The minimum atomic E-state index is 0.212. The Labute approximate surface area is 123 Å². The zero-order valence-electron chi connectivity index (χ0n) is 12.0. The Bertz CT molecular complexity index is 759. The van der Waals surface area contributed by atoms with Crippen molar-refractivity contribution in [3.05, 3.63) is 54.0 Å². The first kappa shape index (κ1) is 12.4. The lowest BCUT2D eigenvalue weighted by Gasteiger charge is -2.15. The highest BCUT2D eigenvalue weighted by molar-refractivity contribution is 5.88. The number of hydrogen-bond acceptors (Lipinski definition) is 3. The fourth-order valence-electron chi connectivity index (χ4n) is 2.72. The molecule has 4 rings (SSSR count). The van der Waals surface area contributed by atoms with Crippen LogP contribution >= 0.6 is 0 Å². The summed E-state index contributed by atoms with van der Waals surface area (Å²) in [5.74, 6) is 1.60. The number of fused-ring (bicyclic) bond motifs is 1. The third kappa shape index (κ3) is 2.37. The van der Waals surface area contributed by atoms with Crippen LogP contribution in [-0.4, -0.2) is 15.0 Å². The molecule has 0 aliphatic heterocycles. The number of aromatic amines is 1. The minimum absolute atomic E-state index is 0.212. The van der Waals surface area contributed by atoms with Crippen molar-refractivity contribution >= 4 is 16.9 Å². The van der Waals surface area contributed by atoms with Gasteiger partial charge in [-0.1, -0.05) is 30.3 Å². The zero-order valence-corrected chi connectivity index (χ0v) is 12.0. The number of benzene rings is 1. The molecule has 4 heteroatoms. The van der Waals surface area contributed by atoms with Crippen LogP contribution < -0.4 is 5.32 Å². The second kappa shape index (κ2) is 4.88. The molecule has 3 aromatic rings. The fraction of sp³-hybridized carbons (Fsp3) is 0.294. The van der Waals surface area contributed by atoms with Crippen LogP contribution in [0, 0.1) is 0 Å². The molecule has 106 valence electrons. The van der Waals surface area contributed by atoms with Crippen molar-refractivity contribution in [3.8, 4) is 0 Å². The molecule has 2 aromatic heterocycles. The number of nitrogens with one attached hydrogen (secondary N) is 2. The minimum Gasteiger partial charge on any atom is -0.363 e. The van der Waals surface area contributed by atoms with Crippen LogP contribution in [0.15, 0.2) is 42.7 Å². The second-order valence-corrected chi connectivity index (χ2v) is 5.76. The van der Waals surface area contributed by atoms with E-state index in [4.69, 9.17) is 0 Å². The summed E-state index contributed by atoms with van der Waals surface area (Å²) in [5, 5.41) is 4.59. The van der Waals surface area contributed by atoms with Crippen LogP contribution in [0.2, 0.25) is 0 Å². The highest BCUT2D eigenvalue weighted by Crippen LogP contribution is 2.41. The number of nitrogens with zero attached hydrogens (tertiary/aromatic N) is 2. The van der Waals surface area contributed by atoms with Gasteiger partial charge >= 0.3 is 0 Å². The lowest BCUT2D eigenvalue weighted by molar-refractivity contribution is 0.876. The lowest BCUT2D eigenvalue weighted by Crippen LogP contribution is -2.08. The van der Waals surface area contributed by atoms with E-state index < -0.39 is 0 Å². The van der Waals surface area contributed by atoms with E-state index >= 15 is 0 Å². The number of hydrogen-bond donors (Lipinski definition) is 2. The molecule has 0 saturated heterocycles. The lowest BCUT2D eigenvalue weighted by atomic mass is 10.1. The van der Waals surface area contributed by atoms with Crippen LogP contribution in [0.1, 0.15) is 43.0 Å². The fourth-order valence-corrected chi connectivity index (χ4v) is 2.72. The first-order valence-electron chi connectivity index (χ1n) is 7.46. The average molecular weight is 278 g/mol. The molecule has 21 heavy (non-hydrogen) atoms. The Morgan fingerprint density at radius 1 is 1.19 bits per heavy atom. The molecule has 0 bridgehead atoms. The summed E-state index contributed by atoms with van der Waals surface area (Å²) in [6, 6.07) is 12.8. The predicted octanol–water partition coefficient (Wildman–Crippen LogP) is 4.01. The van der Waals surface area contributed by atoms with Gasteiger partial charge < -0.3 is 10.3 Å². The van der Waals surface area contributed by atoms with Crippen LogP contribution in [0.3, 0.4) is 0 Å². The molecule has 0 spiro atoms. The SMILES string of the molecule is C[C@H](Nc1ncnc2[nH]c(C3CC3)cc12)c1ccccc1. The van der Waals surface area contributed by atoms with E-state index in [0.29, 0.717) is 5.92 Å². The van der Waals surface area contributed by atoms with E-state index in [9.17, 15) is 0 Å². The van der Waals surface area contributed by atoms with Crippen molar-refractivity contribution in [3.63, 3.8) is 0 Å². The maximum absolute atomic E-state index is 4.42. The summed E-state index contributed by atoms with van der Waals surface area (Å²) in [6.07, 6.45) is 4.18. The monoisotopic (exact) mass is 278 g/mol. The van der Waals surface area contributed by atoms with Gasteiger partial charge in [-0.05, 0) is 37.3 Å². The molecule has 4 nitrogen and oxygen atoms in total. The summed E-state index contributed by atoms with van der Waals surface area (Å²) in [4.78, 5) is 12.2. The molecule has 1 saturated carbocycles. The van der Waals surface area contributed by atoms with Crippen molar-refractivity contribution in [2.75, 3.05) is 5.32 Å². The van der Waals surface area contributed by atoms with Gasteiger partial charge in [0.1, 0.15) is 17.8 Å². The summed E-state index contributed by atoms with van der Waals surface area (Å²) in [6.45, 7) is 2.15. The molecule has 1 aliphatic carbocycles. The Balaban J connectivity index is 1.66. The van der Waals surface area contributed by atoms with Crippen molar-refractivity contribution < 1.29 is 0 Å². The summed E-state index contributed by atoms with van der Waals surface area (Å²) < 4.78 is 0. The molecule has 1 atom stereocenters. The number of rotatable bonds is 4. The van der Waals surface area contributed by atoms with Gasteiger partial charge in [-0.25, -0.2) is 9.97 Å². The van der Waals surface area contributed by atoms with E-state index in [1.165, 1.54) is 24.1 Å². The van der Waals surface area contributed by atoms with E-state index in [0.717, 1.165) is 16.9 Å². The van der Waals surface area contributed by atoms with Gasteiger partial charge in [-0.3, -0.25) is 0 Å². The van der Waals surface area contributed by atoms with E-state index in [1.807, 2.05) is 6.07 Å². The smallest absolute Gasteiger partial charge is 0.143 e. The normalized spacial score (nSPS) is 16.0. The van der Waals surface area contributed by atoms with Crippen LogP contribution in [-0.2, 0) is 0 Å². The van der Waals surface area contributed by atoms with Crippen molar-refractivity contribution in [1.82, 2.24) is 15.0 Å². The largest absolute Gasteiger partial charge is 0.363 e. The van der Waals surface area contributed by atoms with Crippen molar-refractivity contribution in [1.29, 1.82) is 0 Å². The van der Waals surface area contributed by atoms with E-state index in [2.05, 4.69) is 57.5 Å². The highest BCUT2D eigenvalue weighted by atomic mass is 15.1. The molecular formula is C17H18N4. The standard InChI is InChI=1S/C17H18N4/c1-11(12-5-3-2-4-6-12)20-16-14-9-15(13-7-8-13)21-17(14)19-10-18-16/h2-6,9-11,13H,7-8H2,1H3,(H2,18,19,20,21)/t11-/m0/s1. The Kier molecular flexibility index (Phi) is 2.88. The summed E-state index contributed by atoms with van der Waals surface area (Å²) >= 11 is 0. The molecular weight excluding hydrogens is 260 g/mol. The second-order valence-electron chi connectivity index (χ2n) is 5.76. The van der Waals surface area contributed by atoms with E-state index in [-0.39, 0.29) is 6.04 Å². The molecule has 2 N–H and O–H groups in total. The van der Waals surface area contributed by atoms with Gasteiger partial charge in [0.2, 0.25) is 0 Å². The van der Waals surface area contributed by atoms with Gasteiger partial charge in [0.25, 0.3) is 0 Å². The van der Waals surface area contributed by atoms with E-state index in [1.54, 1.807) is 6.33 Å².